The van der Waals surface area contributed by atoms with E-state index in [1.807, 2.05) is 42.8 Å². The first-order valence-corrected chi connectivity index (χ1v) is 9.84. The van der Waals surface area contributed by atoms with Crippen molar-refractivity contribution < 1.29 is 9.53 Å². The molecule has 0 saturated heterocycles. The van der Waals surface area contributed by atoms with Crippen LogP contribution in [0.1, 0.15) is 21.1 Å². The molecule has 0 bridgehead atoms. The molecule has 0 unspecified atom stereocenters. The Balaban J connectivity index is 1.60. The molecule has 3 aromatic rings. The van der Waals surface area contributed by atoms with E-state index in [4.69, 9.17) is 4.74 Å². The summed E-state index contributed by atoms with van der Waals surface area (Å²) in [5, 5.41) is 5.92. The molecule has 4 nitrogen and oxygen atoms in total. The highest BCUT2D eigenvalue weighted by atomic mass is 32.2. The fraction of sp³-hybridized carbons (Fsp3) is 0.158. The zero-order valence-electron chi connectivity index (χ0n) is 14.0. The molecule has 1 amide bonds. The number of carbonyl (C=O) groups excluding carboxylic acids is 1. The van der Waals surface area contributed by atoms with Crippen LogP contribution in [0.5, 0.6) is 5.75 Å². The van der Waals surface area contributed by atoms with Crippen molar-refractivity contribution in [1.29, 1.82) is 0 Å². The highest BCUT2D eigenvalue weighted by Gasteiger charge is 2.07. The molecule has 0 aliphatic rings. The predicted octanol–water partition coefficient (Wildman–Crippen LogP) is 5.00. The molecule has 128 valence electrons. The first kappa shape index (κ1) is 17.5. The summed E-state index contributed by atoms with van der Waals surface area (Å²) in [5.41, 5.74) is 2.29. The predicted molar refractivity (Wildman–Crippen MR) is 104 cm³/mol. The lowest BCUT2D eigenvalue weighted by molar-refractivity contribution is 0.102. The number of hydrogen-bond acceptors (Lipinski definition) is 5. The van der Waals surface area contributed by atoms with Gasteiger partial charge in [-0.05, 0) is 55.6 Å². The zero-order valence-corrected chi connectivity index (χ0v) is 15.6. The van der Waals surface area contributed by atoms with Gasteiger partial charge in [0.15, 0.2) is 0 Å². The van der Waals surface area contributed by atoms with Gasteiger partial charge in [-0.3, -0.25) is 4.79 Å². The number of rotatable bonds is 6. The van der Waals surface area contributed by atoms with E-state index in [0.29, 0.717) is 17.9 Å². The first-order chi connectivity index (χ1) is 12.1. The van der Waals surface area contributed by atoms with Crippen molar-refractivity contribution in [2.24, 2.45) is 0 Å². The Morgan fingerprint density at radius 2 is 2.04 bits per heavy atom. The summed E-state index contributed by atoms with van der Waals surface area (Å²) < 4.78 is 5.70. The number of anilines is 1. The number of thiazole rings is 1. The Labute approximate surface area is 155 Å². The van der Waals surface area contributed by atoms with Crippen LogP contribution < -0.4 is 10.1 Å². The van der Waals surface area contributed by atoms with Gasteiger partial charge >= 0.3 is 0 Å². The molecule has 6 heteroatoms. The topological polar surface area (TPSA) is 51.2 Å². The summed E-state index contributed by atoms with van der Waals surface area (Å²) in [7, 11) is 0. The molecule has 0 atom stereocenters. The molecular weight excluding hydrogens is 352 g/mol. The summed E-state index contributed by atoms with van der Waals surface area (Å²) in [5.74, 6) is 0.575. The van der Waals surface area contributed by atoms with Gasteiger partial charge in [0, 0.05) is 21.5 Å². The molecule has 25 heavy (non-hydrogen) atoms. The van der Waals surface area contributed by atoms with Gasteiger partial charge in [0.2, 0.25) is 0 Å². The Morgan fingerprint density at radius 3 is 2.72 bits per heavy atom. The van der Waals surface area contributed by atoms with Gasteiger partial charge in [0.1, 0.15) is 12.4 Å². The van der Waals surface area contributed by atoms with Crippen molar-refractivity contribution >= 4 is 34.7 Å². The van der Waals surface area contributed by atoms with Crippen molar-refractivity contribution in [2.45, 2.75) is 18.4 Å². The summed E-state index contributed by atoms with van der Waals surface area (Å²) in [6.45, 7) is 2.40. The van der Waals surface area contributed by atoms with E-state index < -0.39 is 0 Å². The number of aryl methyl sites for hydroxylation is 1. The molecule has 0 aliphatic heterocycles. The molecule has 0 fully saturated rings. The molecule has 1 N–H and O–H groups in total. The third-order valence-electron chi connectivity index (χ3n) is 3.50. The average Bonchev–Trinajstić information content (AvgIpc) is 3.06. The van der Waals surface area contributed by atoms with Crippen molar-refractivity contribution in [2.75, 3.05) is 11.6 Å². The Kier molecular flexibility index (Phi) is 5.73. The van der Waals surface area contributed by atoms with E-state index in [-0.39, 0.29) is 5.91 Å². The fourth-order valence-corrected chi connectivity index (χ4v) is 3.30. The number of nitrogens with zero attached hydrogens (tertiary/aromatic N) is 1. The SMILES string of the molecule is CSc1cccc(NC(=O)c2ccc(OCc3csc(C)n3)cc2)c1. The third kappa shape index (κ3) is 4.84. The maximum Gasteiger partial charge on any atom is 0.255 e. The largest absolute Gasteiger partial charge is 0.487 e. The van der Waals surface area contributed by atoms with Crippen molar-refractivity contribution in [3.05, 3.63) is 70.2 Å². The highest BCUT2D eigenvalue weighted by Crippen LogP contribution is 2.20. The standard InChI is InChI=1S/C19H18N2O2S2/c1-13-20-16(12-25-13)11-23-17-8-6-14(7-9-17)19(22)21-15-4-3-5-18(10-15)24-2/h3-10,12H,11H2,1-2H3,(H,21,22). The van der Waals surface area contributed by atoms with Gasteiger partial charge in [0.25, 0.3) is 5.91 Å². The average molecular weight is 370 g/mol. The molecule has 3 rings (SSSR count). The third-order valence-corrected chi connectivity index (χ3v) is 5.05. The molecular formula is C19H18N2O2S2. The monoisotopic (exact) mass is 370 g/mol. The Hall–Kier alpha value is -2.31. The molecule has 0 spiro atoms. The molecule has 1 aromatic heterocycles. The summed E-state index contributed by atoms with van der Waals surface area (Å²) >= 11 is 3.24. The van der Waals surface area contributed by atoms with Gasteiger partial charge in [-0.15, -0.1) is 23.1 Å². The molecule has 0 radical (unpaired) electrons. The van der Waals surface area contributed by atoms with Crippen molar-refractivity contribution in [3.63, 3.8) is 0 Å². The molecule has 0 saturated carbocycles. The molecule has 0 aliphatic carbocycles. The summed E-state index contributed by atoms with van der Waals surface area (Å²) in [4.78, 5) is 17.8. The maximum absolute atomic E-state index is 12.3. The second kappa shape index (κ2) is 8.18. The lowest BCUT2D eigenvalue weighted by atomic mass is 10.2. The van der Waals surface area contributed by atoms with Gasteiger partial charge in [0.05, 0.1) is 10.7 Å². The maximum atomic E-state index is 12.3. The van der Waals surface area contributed by atoms with E-state index in [1.54, 1.807) is 47.4 Å². The lowest BCUT2D eigenvalue weighted by Crippen LogP contribution is -2.11. The van der Waals surface area contributed by atoms with Crippen LogP contribution in [0.15, 0.2) is 58.8 Å². The van der Waals surface area contributed by atoms with E-state index in [0.717, 1.165) is 21.3 Å². The van der Waals surface area contributed by atoms with Crippen LogP contribution in [-0.4, -0.2) is 17.1 Å². The van der Waals surface area contributed by atoms with Gasteiger partial charge in [-0.25, -0.2) is 4.98 Å². The second-order valence-corrected chi connectivity index (χ2v) is 7.30. The van der Waals surface area contributed by atoms with Crippen LogP contribution in [0.25, 0.3) is 0 Å². The van der Waals surface area contributed by atoms with E-state index in [1.165, 1.54) is 0 Å². The highest BCUT2D eigenvalue weighted by molar-refractivity contribution is 7.98. The number of amides is 1. The lowest BCUT2D eigenvalue weighted by Gasteiger charge is -2.08. The van der Waals surface area contributed by atoms with Crippen LogP contribution >= 0.6 is 23.1 Å². The van der Waals surface area contributed by atoms with Crippen molar-refractivity contribution in [1.82, 2.24) is 4.98 Å². The van der Waals surface area contributed by atoms with E-state index >= 15 is 0 Å². The first-order valence-electron chi connectivity index (χ1n) is 7.73. The minimum absolute atomic E-state index is 0.139. The summed E-state index contributed by atoms with van der Waals surface area (Å²) in [6.07, 6.45) is 2.01. The van der Waals surface area contributed by atoms with Crippen LogP contribution in [-0.2, 0) is 6.61 Å². The normalized spacial score (nSPS) is 10.5. The van der Waals surface area contributed by atoms with Crippen LogP contribution in [0.2, 0.25) is 0 Å². The second-order valence-electron chi connectivity index (χ2n) is 5.36. The number of carbonyl (C=O) groups is 1. The fourth-order valence-electron chi connectivity index (χ4n) is 2.24. The Bertz CT molecular complexity index is 860. The molecule has 1 heterocycles. The molecule has 2 aromatic carbocycles. The van der Waals surface area contributed by atoms with Gasteiger partial charge in [-0.2, -0.15) is 0 Å². The van der Waals surface area contributed by atoms with Crippen LogP contribution in [0, 0.1) is 6.92 Å². The van der Waals surface area contributed by atoms with Crippen LogP contribution in [0.4, 0.5) is 5.69 Å². The number of hydrogen-bond donors (Lipinski definition) is 1. The minimum atomic E-state index is -0.139. The van der Waals surface area contributed by atoms with E-state index in [2.05, 4.69) is 10.3 Å². The minimum Gasteiger partial charge on any atom is -0.487 e. The summed E-state index contributed by atoms with van der Waals surface area (Å²) in [6, 6.07) is 14.9. The quantitative estimate of drug-likeness (QED) is 0.620. The van der Waals surface area contributed by atoms with Crippen LogP contribution in [0.3, 0.4) is 0 Å². The number of benzene rings is 2. The Morgan fingerprint density at radius 1 is 1.24 bits per heavy atom. The zero-order chi connectivity index (χ0) is 17.6. The number of nitrogens with one attached hydrogen (secondary N) is 1. The van der Waals surface area contributed by atoms with Gasteiger partial charge < -0.3 is 10.1 Å². The van der Waals surface area contributed by atoms with Crippen molar-refractivity contribution in [3.8, 4) is 5.75 Å². The number of ether oxygens (including phenoxy) is 1. The smallest absolute Gasteiger partial charge is 0.255 e. The number of thioether (sulfide) groups is 1. The van der Waals surface area contributed by atoms with E-state index in [9.17, 15) is 4.79 Å². The number of aromatic nitrogens is 1. The van der Waals surface area contributed by atoms with Gasteiger partial charge in [-0.1, -0.05) is 6.07 Å².